The van der Waals surface area contributed by atoms with Crippen molar-refractivity contribution in [2.24, 2.45) is 23.3 Å². The summed E-state index contributed by atoms with van der Waals surface area (Å²) < 4.78 is 0. The van der Waals surface area contributed by atoms with Gasteiger partial charge in [-0.1, -0.05) is 36.4 Å². The number of aromatic nitrogens is 6. The number of tetrazole rings is 1. The minimum Gasteiger partial charge on any atom is -0.368 e. The number of halogens is 1. The molecule has 12 heteroatoms. The highest BCUT2D eigenvalue weighted by atomic mass is 35.5. The number of hydrogen-bond acceptors (Lipinski definition) is 7. The summed E-state index contributed by atoms with van der Waals surface area (Å²) in [4.78, 5) is 28.7. The molecule has 222 valence electrons. The minimum absolute atomic E-state index is 0. The van der Waals surface area contributed by atoms with Crippen LogP contribution in [0.25, 0.3) is 33.4 Å². The van der Waals surface area contributed by atoms with Crippen LogP contribution in [-0.4, -0.2) is 55.2 Å². The Labute approximate surface area is 254 Å². The van der Waals surface area contributed by atoms with Crippen molar-refractivity contribution >= 4 is 40.8 Å². The summed E-state index contributed by atoms with van der Waals surface area (Å²) in [6.07, 6.45) is 5.35. The van der Waals surface area contributed by atoms with Gasteiger partial charge in [0, 0.05) is 29.0 Å². The standard InChI is InChI=1S/C31H33N9O2.ClH/c32-17-20-6-10-23(11-7-20)31(42)40(24-14-12-22(13-15-24)30-36-38-39-37-30)28(29(33)41)16-19-4-8-21(9-5-19)25-2-1-3-27-26(25)18-34-35-27;/h1-5,8-9,12-15,18,20,23,28H,6-7,10-11,16-17,32H2,(H2,33,41)(H,34,35)(H,36,37,38,39);1H/t20?,23?,28-;/m0./s1. The zero-order chi connectivity index (χ0) is 29.1. The first-order chi connectivity index (χ1) is 20.5. The molecule has 5 aromatic rings. The van der Waals surface area contributed by atoms with E-state index in [1.54, 1.807) is 17.0 Å². The Bertz CT molecular complexity index is 1660. The normalized spacial score (nSPS) is 17.2. The highest BCUT2D eigenvalue weighted by Gasteiger charge is 2.36. The van der Waals surface area contributed by atoms with Gasteiger partial charge < -0.3 is 11.5 Å². The first-order valence-electron chi connectivity index (χ1n) is 14.2. The lowest BCUT2D eigenvalue weighted by Gasteiger charge is -2.35. The molecule has 43 heavy (non-hydrogen) atoms. The number of nitrogens with one attached hydrogen (secondary N) is 2. The van der Waals surface area contributed by atoms with E-state index in [0.29, 0.717) is 24.0 Å². The van der Waals surface area contributed by atoms with Gasteiger partial charge in [0.2, 0.25) is 17.6 Å². The molecular weight excluding hydrogens is 566 g/mol. The Balaban J connectivity index is 0.00000368. The molecule has 2 amide bonds. The molecule has 0 bridgehead atoms. The molecule has 6 rings (SSSR count). The molecule has 1 saturated carbocycles. The molecular formula is C31H34ClN9O2. The van der Waals surface area contributed by atoms with Gasteiger partial charge >= 0.3 is 0 Å². The summed E-state index contributed by atoms with van der Waals surface area (Å²) >= 11 is 0. The van der Waals surface area contributed by atoms with Gasteiger partial charge in [0.15, 0.2) is 0 Å². The second-order valence-corrected chi connectivity index (χ2v) is 10.9. The van der Waals surface area contributed by atoms with E-state index in [1.807, 2.05) is 54.7 Å². The number of carbonyl (C=O) groups is 2. The predicted molar refractivity (Wildman–Crippen MR) is 167 cm³/mol. The fourth-order valence-electron chi connectivity index (χ4n) is 5.94. The molecule has 1 atom stereocenters. The number of carbonyl (C=O) groups excluding carboxylic acids is 2. The van der Waals surface area contributed by atoms with Gasteiger partial charge in [-0.25, -0.2) is 0 Å². The lowest BCUT2D eigenvalue weighted by Crippen LogP contribution is -2.52. The van der Waals surface area contributed by atoms with Gasteiger partial charge in [0.05, 0.1) is 11.7 Å². The Morgan fingerprint density at radius 1 is 0.953 bits per heavy atom. The highest BCUT2D eigenvalue weighted by Crippen LogP contribution is 2.33. The lowest BCUT2D eigenvalue weighted by atomic mass is 9.81. The molecule has 0 spiro atoms. The lowest BCUT2D eigenvalue weighted by molar-refractivity contribution is -0.127. The topological polar surface area (TPSA) is 173 Å². The Morgan fingerprint density at radius 2 is 1.67 bits per heavy atom. The maximum absolute atomic E-state index is 14.1. The first kappa shape index (κ1) is 29.9. The van der Waals surface area contributed by atoms with Gasteiger partial charge in [-0.15, -0.1) is 22.6 Å². The van der Waals surface area contributed by atoms with Crippen molar-refractivity contribution in [1.82, 2.24) is 30.8 Å². The number of primary amides is 1. The van der Waals surface area contributed by atoms with E-state index in [-0.39, 0.29) is 30.7 Å². The van der Waals surface area contributed by atoms with Crippen LogP contribution in [0.15, 0.2) is 72.9 Å². The molecule has 1 fully saturated rings. The van der Waals surface area contributed by atoms with E-state index in [1.165, 1.54) is 0 Å². The number of aromatic amines is 2. The number of H-pyrrole nitrogens is 2. The molecule has 0 saturated heterocycles. The number of nitrogens with zero attached hydrogens (tertiary/aromatic N) is 5. The van der Waals surface area contributed by atoms with E-state index in [0.717, 1.165) is 58.8 Å². The summed E-state index contributed by atoms with van der Waals surface area (Å²) in [7, 11) is 0. The smallest absolute Gasteiger partial charge is 0.240 e. The number of anilines is 1. The summed E-state index contributed by atoms with van der Waals surface area (Å²) in [5.41, 5.74) is 17.2. The predicted octanol–water partition coefficient (Wildman–Crippen LogP) is 4.03. The average Bonchev–Trinajstić information content (AvgIpc) is 3.74. The van der Waals surface area contributed by atoms with Crippen LogP contribution < -0.4 is 16.4 Å². The first-order valence-corrected chi connectivity index (χ1v) is 14.2. The SMILES string of the molecule is Cl.NCC1CCC(C(=O)N(c2ccc(-c3nn[nH]n3)cc2)[C@@H](Cc2ccc(-c3cccc4[nH]ncc34)cc2)C(N)=O)CC1. The molecule has 11 nitrogen and oxygen atoms in total. The third-order valence-electron chi connectivity index (χ3n) is 8.33. The fraction of sp³-hybridized carbons (Fsp3) is 0.290. The van der Waals surface area contributed by atoms with Crippen LogP contribution in [0.1, 0.15) is 31.2 Å². The Hall–Kier alpha value is -4.61. The van der Waals surface area contributed by atoms with E-state index >= 15 is 0 Å². The van der Waals surface area contributed by atoms with Crippen molar-refractivity contribution in [3.8, 4) is 22.5 Å². The third kappa shape index (κ3) is 6.27. The maximum atomic E-state index is 14.1. The van der Waals surface area contributed by atoms with Gasteiger partial charge in [-0.3, -0.25) is 19.6 Å². The van der Waals surface area contributed by atoms with Crippen LogP contribution >= 0.6 is 12.4 Å². The average molecular weight is 600 g/mol. The summed E-state index contributed by atoms with van der Waals surface area (Å²) in [6, 6.07) is 20.4. The van der Waals surface area contributed by atoms with Crippen molar-refractivity contribution < 1.29 is 9.59 Å². The largest absolute Gasteiger partial charge is 0.368 e. The van der Waals surface area contributed by atoms with Crippen molar-refractivity contribution in [3.05, 3.63) is 78.5 Å². The van der Waals surface area contributed by atoms with Gasteiger partial charge in [0.25, 0.3) is 0 Å². The van der Waals surface area contributed by atoms with Crippen molar-refractivity contribution in [3.63, 3.8) is 0 Å². The molecule has 2 heterocycles. The van der Waals surface area contributed by atoms with E-state index < -0.39 is 11.9 Å². The molecule has 3 aromatic carbocycles. The number of benzene rings is 3. The molecule has 0 radical (unpaired) electrons. The third-order valence-corrected chi connectivity index (χ3v) is 8.33. The quantitative estimate of drug-likeness (QED) is 0.198. The van der Waals surface area contributed by atoms with Gasteiger partial charge in [0.1, 0.15) is 6.04 Å². The van der Waals surface area contributed by atoms with Crippen LogP contribution in [0.3, 0.4) is 0 Å². The molecule has 2 aromatic heterocycles. The Kier molecular flexibility index (Phi) is 9.13. The maximum Gasteiger partial charge on any atom is 0.240 e. The molecule has 0 unspecified atom stereocenters. The van der Waals surface area contributed by atoms with Crippen molar-refractivity contribution in [2.45, 2.75) is 38.1 Å². The summed E-state index contributed by atoms with van der Waals surface area (Å²) in [6.45, 7) is 0.622. The second kappa shape index (κ2) is 13.1. The molecule has 1 aliphatic rings. The van der Waals surface area contributed by atoms with Crippen LogP contribution in [0, 0.1) is 11.8 Å². The summed E-state index contributed by atoms with van der Waals surface area (Å²) in [5.74, 6) is 0.00922. The van der Waals surface area contributed by atoms with E-state index in [2.05, 4.69) is 36.9 Å². The molecule has 0 aliphatic heterocycles. The minimum atomic E-state index is -0.871. The molecule has 6 N–H and O–H groups in total. The van der Waals surface area contributed by atoms with E-state index in [9.17, 15) is 9.59 Å². The van der Waals surface area contributed by atoms with Gasteiger partial charge in [-0.2, -0.15) is 10.3 Å². The van der Waals surface area contributed by atoms with Crippen LogP contribution in [0.4, 0.5) is 5.69 Å². The van der Waals surface area contributed by atoms with E-state index in [4.69, 9.17) is 11.5 Å². The monoisotopic (exact) mass is 599 g/mol. The van der Waals surface area contributed by atoms with Crippen LogP contribution in [0.2, 0.25) is 0 Å². The van der Waals surface area contributed by atoms with Crippen molar-refractivity contribution in [2.75, 3.05) is 11.4 Å². The number of hydrogen-bond donors (Lipinski definition) is 4. The Morgan fingerprint density at radius 3 is 2.33 bits per heavy atom. The highest BCUT2D eigenvalue weighted by molar-refractivity contribution is 6.02. The number of rotatable bonds is 9. The fourth-order valence-corrected chi connectivity index (χ4v) is 5.94. The number of fused-ring (bicyclic) bond motifs is 1. The molecule has 1 aliphatic carbocycles. The zero-order valence-corrected chi connectivity index (χ0v) is 24.3. The number of nitrogens with two attached hydrogens (primary N) is 2. The number of amides is 2. The van der Waals surface area contributed by atoms with Gasteiger partial charge in [-0.05, 0) is 90.4 Å². The van der Waals surface area contributed by atoms with Crippen molar-refractivity contribution in [1.29, 1.82) is 0 Å². The summed E-state index contributed by atoms with van der Waals surface area (Å²) in [5, 5.41) is 22.3. The second-order valence-electron chi connectivity index (χ2n) is 10.9. The zero-order valence-electron chi connectivity index (χ0n) is 23.5. The van der Waals surface area contributed by atoms with Crippen LogP contribution in [0.5, 0.6) is 0 Å². The van der Waals surface area contributed by atoms with Crippen LogP contribution in [-0.2, 0) is 16.0 Å².